The van der Waals surface area contributed by atoms with E-state index in [0.717, 1.165) is 9.92 Å². The highest BCUT2D eigenvalue weighted by Crippen LogP contribution is 2.34. The van der Waals surface area contributed by atoms with E-state index in [9.17, 15) is 0 Å². The SMILES string of the molecule is Nc1cccnc1Sc1ccccc1Cl. The number of nitrogen functional groups attached to an aromatic ring is 1. The summed E-state index contributed by atoms with van der Waals surface area (Å²) >= 11 is 7.51. The van der Waals surface area contributed by atoms with Crippen LogP contribution in [-0.2, 0) is 0 Å². The lowest BCUT2D eigenvalue weighted by atomic mass is 10.4. The molecule has 0 spiro atoms. The van der Waals surface area contributed by atoms with Crippen LogP contribution in [0.4, 0.5) is 5.69 Å². The predicted octanol–water partition coefficient (Wildman–Crippen LogP) is 3.47. The van der Waals surface area contributed by atoms with E-state index >= 15 is 0 Å². The van der Waals surface area contributed by atoms with Gasteiger partial charge in [-0.15, -0.1) is 0 Å². The van der Waals surface area contributed by atoms with Gasteiger partial charge < -0.3 is 5.73 Å². The number of benzene rings is 1. The van der Waals surface area contributed by atoms with E-state index in [0.29, 0.717) is 10.7 Å². The highest BCUT2D eigenvalue weighted by molar-refractivity contribution is 7.99. The molecule has 1 aromatic carbocycles. The van der Waals surface area contributed by atoms with E-state index < -0.39 is 0 Å². The van der Waals surface area contributed by atoms with E-state index in [1.54, 1.807) is 6.20 Å². The molecule has 2 aromatic rings. The van der Waals surface area contributed by atoms with Crippen LogP contribution in [-0.4, -0.2) is 4.98 Å². The van der Waals surface area contributed by atoms with Gasteiger partial charge in [0, 0.05) is 11.1 Å². The lowest BCUT2D eigenvalue weighted by Crippen LogP contribution is -1.90. The first kappa shape index (κ1) is 10.3. The molecule has 2 rings (SSSR count). The van der Waals surface area contributed by atoms with Gasteiger partial charge in [-0.25, -0.2) is 4.98 Å². The molecule has 0 saturated carbocycles. The minimum atomic E-state index is 0.669. The maximum Gasteiger partial charge on any atom is 0.124 e. The van der Waals surface area contributed by atoms with Crippen molar-refractivity contribution in [1.82, 2.24) is 4.98 Å². The van der Waals surface area contributed by atoms with Crippen molar-refractivity contribution in [3.63, 3.8) is 0 Å². The molecular weight excluding hydrogens is 228 g/mol. The quantitative estimate of drug-likeness (QED) is 0.868. The monoisotopic (exact) mass is 236 g/mol. The fraction of sp³-hybridized carbons (Fsp3) is 0. The molecular formula is C11H9ClN2S. The van der Waals surface area contributed by atoms with Crippen LogP contribution in [0.2, 0.25) is 5.02 Å². The summed E-state index contributed by atoms with van der Waals surface area (Å²) < 4.78 is 0. The summed E-state index contributed by atoms with van der Waals surface area (Å²) in [5.41, 5.74) is 6.46. The van der Waals surface area contributed by atoms with Crippen molar-refractivity contribution in [2.75, 3.05) is 5.73 Å². The van der Waals surface area contributed by atoms with E-state index in [2.05, 4.69) is 4.98 Å². The molecule has 0 fully saturated rings. The normalized spacial score (nSPS) is 10.2. The molecule has 1 heterocycles. The molecule has 1 aromatic heterocycles. The molecule has 2 N–H and O–H groups in total. The number of anilines is 1. The van der Waals surface area contributed by atoms with E-state index in [1.807, 2.05) is 36.4 Å². The fourth-order valence-electron chi connectivity index (χ4n) is 1.12. The first-order chi connectivity index (χ1) is 7.27. The molecule has 0 aliphatic carbocycles. The highest BCUT2D eigenvalue weighted by atomic mass is 35.5. The number of hydrogen-bond donors (Lipinski definition) is 1. The summed E-state index contributed by atoms with van der Waals surface area (Å²) in [4.78, 5) is 5.16. The van der Waals surface area contributed by atoms with E-state index in [-0.39, 0.29) is 0 Å². The molecule has 0 unspecified atom stereocenters. The van der Waals surface area contributed by atoms with Gasteiger partial charge in [-0.1, -0.05) is 35.5 Å². The molecule has 2 nitrogen and oxygen atoms in total. The Morgan fingerprint density at radius 2 is 1.93 bits per heavy atom. The van der Waals surface area contributed by atoms with Crippen LogP contribution >= 0.6 is 23.4 Å². The molecule has 0 radical (unpaired) electrons. The number of halogens is 1. The fourth-order valence-corrected chi connectivity index (χ4v) is 2.19. The molecule has 76 valence electrons. The Labute approximate surface area is 97.5 Å². The molecule has 4 heteroatoms. The van der Waals surface area contributed by atoms with Gasteiger partial charge in [0.15, 0.2) is 0 Å². The van der Waals surface area contributed by atoms with Crippen molar-refractivity contribution >= 4 is 29.1 Å². The van der Waals surface area contributed by atoms with Gasteiger partial charge in [-0.2, -0.15) is 0 Å². The van der Waals surface area contributed by atoms with Crippen LogP contribution in [0.3, 0.4) is 0 Å². The Hall–Kier alpha value is -1.19. The number of hydrogen-bond acceptors (Lipinski definition) is 3. The average Bonchev–Trinajstić information content (AvgIpc) is 2.24. The molecule has 0 bridgehead atoms. The Morgan fingerprint density at radius 1 is 1.13 bits per heavy atom. The maximum atomic E-state index is 6.04. The summed E-state index contributed by atoms with van der Waals surface area (Å²) in [6, 6.07) is 11.3. The molecule has 0 aliphatic heterocycles. The summed E-state index contributed by atoms with van der Waals surface area (Å²) in [7, 11) is 0. The van der Waals surface area contributed by atoms with Crippen molar-refractivity contribution in [3.8, 4) is 0 Å². The zero-order valence-electron chi connectivity index (χ0n) is 7.85. The number of pyridine rings is 1. The second-order valence-corrected chi connectivity index (χ2v) is 4.37. The zero-order chi connectivity index (χ0) is 10.7. The number of rotatable bonds is 2. The average molecular weight is 237 g/mol. The van der Waals surface area contributed by atoms with Crippen molar-refractivity contribution in [2.45, 2.75) is 9.92 Å². The lowest BCUT2D eigenvalue weighted by molar-refractivity contribution is 1.14. The van der Waals surface area contributed by atoms with Crippen LogP contribution in [0.1, 0.15) is 0 Å². The van der Waals surface area contributed by atoms with Gasteiger partial charge in [-0.05, 0) is 24.3 Å². The van der Waals surface area contributed by atoms with Gasteiger partial charge >= 0.3 is 0 Å². The summed E-state index contributed by atoms with van der Waals surface area (Å²) in [5, 5.41) is 1.50. The van der Waals surface area contributed by atoms with Gasteiger partial charge in [0.25, 0.3) is 0 Å². The van der Waals surface area contributed by atoms with E-state index in [4.69, 9.17) is 17.3 Å². The summed E-state index contributed by atoms with van der Waals surface area (Å²) in [6.07, 6.45) is 1.72. The molecule has 15 heavy (non-hydrogen) atoms. The third-order valence-electron chi connectivity index (χ3n) is 1.84. The summed E-state index contributed by atoms with van der Waals surface area (Å²) in [6.45, 7) is 0. The van der Waals surface area contributed by atoms with Crippen molar-refractivity contribution in [2.24, 2.45) is 0 Å². The van der Waals surface area contributed by atoms with E-state index in [1.165, 1.54) is 11.8 Å². The lowest BCUT2D eigenvalue weighted by Gasteiger charge is -2.04. The number of nitrogens with two attached hydrogens (primary N) is 1. The van der Waals surface area contributed by atoms with Crippen LogP contribution in [0.15, 0.2) is 52.5 Å². The minimum absolute atomic E-state index is 0.669. The predicted molar refractivity (Wildman–Crippen MR) is 64.2 cm³/mol. The van der Waals surface area contributed by atoms with Crippen LogP contribution < -0.4 is 5.73 Å². The van der Waals surface area contributed by atoms with Crippen molar-refractivity contribution in [3.05, 3.63) is 47.6 Å². The van der Waals surface area contributed by atoms with Gasteiger partial charge in [0.1, 0.15) is 5.03 Å². The second kappa shape index (κ2) is 4.55. The maximum absolute atomic E-state index is 6.04. The van der Waals surface area contributed by atoms with Gasteiger partial charge in [0.05, 0.1) is 10.7 Å². The molecule has 0 atom stereocenters. The first-order valence-electron chi connectivity index (χ1n) is 4.40. The Balaban J connectivity index is 2.30. The van der Waals surface area contributed by atoms with Crippen LogP contribution in [0.5, 0.6) is 0 Å². The highest BCUT2D eigenvalue weighted by Gasteiger charge is 2.05. The Bertz CT molecular complexity index is 430. The number of nitrogens with zero attached hydrogens (tertiary/aromatic N) is 1. The molecule has 0 amide bonds. The smallest absolute Gasteiger partial charge is 0.124 e. The standard InChI is InChI=1S/C11H9ClN2S/c12-8-4-1-2-6-10(8)15-11-9(13)5-3-7-14-11/h1-7H,13H2. The van der Waals surface area contributed by atoms with Crippen LogP contribution in [0.25, 0.3) is 0 Å². The van der Waals surface area contributed by atoms with Gasteiger partial charge in [-0.3, -0.25) is 0 Å². The third kappa shape index (κ3) is 2.43. The van der Waals surface area contributed by atoms with Crippen molar-refractivity contribution in [1.29, 1.82) is 0 Å². The van der Waals surface area contributed by atoms with Crippen LogP contribution in [0, 0.1) is 0 Å². The summed E-state index contributed by atoms with van der Waals surface area (Å²) in [5.74, 6) is 0. The second-order valence-electron chi connectivity index (χ2n) is 2.93. The topological polar surface area (TPSA) is 38.9 Å². The third-order valence-corrected chi connectivity index (χ3v) is 3.40. The van der Waals surface area contributed by atoms with Gasteiger partial charge in [0.2, 0.25) is 0 Å². The molecule has 0 aliphatic rings. The first-order valence-corrected chi connectivity index (χ1v) is 5.59. The molecule has 0 saturated heterocycles. The minimum Gasteiger partial charge on any atom is -0.397 e. The Morgan fingerprint density at radius 3 is 2.67 bits per heavy atom. The zero-order valence-corrected chi connectivity index (χ0v) is 9.42. The largest absolute Gasteiger partial charge is 0.397 e. The van der Waals surface area contributed by atoms with Crippen molar-refractivity contribution < 1.29 is 0 Å². The Kier molecular flexibility index (Phi) is 3.14. The number of aromatic nitrogens is 1.